The first-order valence-corrected chi connectivity index (χ1v) is 11.1. The molecule has 2 aromatic heterocycles. The number of hydrogen-bond acceptors (Lipinski definition) is 4. The molecular weight excluding hydrogens is 426 g/mol. The molecule has 4 aromatic rings. The standard InChI is InChI=1S/C24H24ClN5O2/c1-16(17-6-7-17)30-22(12-13-26-30)28-24(31)14-29-21-5-3-2-4-20(21)27-23(29)15-32-19-10-8-18(25)9-11-19/h2-5,8-13,16-17H,6-7,14-15H2,1H3,(H,28,31). The third-order valence-electron chi connectivity index (χ3n) is 5.84. The second-order valence-corrected chi connectivity index (χ2v) is 8.57. The Morgan fingerprint density at radius 3 is 2.75 bits per heavy atom. The van der Waals surface area contributed by atoms with Gasteiger partial charge >= 0.3 is 0 Å². The maximum atomic E-state index is 13.0. The molecule has 0 aliphatic heterocycles. The van der Waals surface area contributed by atoms with Crippen molar-refractivity contribution in [2.24, 2.45) is 5.92 Å². The molecule has 8 heteroatoms. The molecule has 1 atom stereocenters. The Hall–Kier alpha value is -3.32. The number of para-hydroxylation sites is 2. The van der Waals surface area contributed by atoms with E-state index >= 15 is 0 Å². The molecular formula is C24H24ClN5O2. The van der Waals surface area contributed by atoms with Crippen LogP contribution >= 0.6 is 11.6 Å². The van der Waals surface area contributed by atoms with Crippen LogP contribution in [0.2, 0.25) is 5.02 Å². The molecule has 0 radical (unpaired) electrons. The SMILES string of the molecule is CC(C1CC1)n1nccc1NC(=O)Cn1c(COc2ccc(Cl)cc2)nc2ccccc21. The molecule has 1 saturated carbocycles. The molecule has 5 rings (SSSR count). The van der Waals surface area contributed by atoms with Crippen LogP contribution in [0.1, 0.15) is 31.6 Å². The van der Waals surface area contributed by atoms with E-state index in [2.05, 4.69) is 22.3 Å². The number of hydrogen-bond donors (Lipinski definition) is 1. The van der Waals surface area contributed by atoms with Crippen molar-refractivity contribution in [2.45, 2.75) is 39.0 Å². The third kappa shape index (κ3) is 4.34. The highest BCUT2D eigenvalue weighted by atomic mass is 35.5. The van der Waals surface area contributed by atoms with Crippen molar-refractivity contribution >= 4 is 34.4 Å². The fraction of sp³-hybridized carbons (Fsp3) is 0.292. The number of rotatable bonds is 8. The average molecular weight is 450 g/mol. The van der Waals surface area contributed by atoms with E-state index in [9.17, 15) is 4.79 Å². The van der Waals surface area contributed by atoms with E-state index in [1.54, 1.807) is 18.3 Å². The Labute approximate surface area is 191 Å². The van der Waals surface area contributed by atoms with Gasteiger partial charge in [0.05, 0.1) is 23.3 Å². The van der Waals surface area contributed by atoms with Crippen LogP contribution in [0.3, 0.4) is 0 Å². The summed E-state index contributed by atoms with van der Waals surface area (Å²) in [6.45, 7) is 2.51. The lowest BCUT2D eigenvalue weighted by atomic mass is 10.2. The Bertz CT molecular complexity index is 1240. The minimum Gasteiger partial charge on any atom is -0.486 e. The highest BCUT2D eigenvalue weighted by Crippen LogP contribution is 2.40. The van der Waals surface area contributed by atoms with Crippen LogP contribution in [0, 0.1) is 5.92 Å². The zero-order valence-electron chi connectivity index (χ0n) is 17.7. The Morgan fingerprint density at radius 2 is 1.97 bits per heavy atom. The predicted molar refractivity (Wildman–Crippen MR) is 124 cm³/mol. The van der Waals surface area contributed by atoms with E-state index in [1.807, 2.05) is 51.7 Å². The van der Waals surface area contributed by atoms with Crippen molar-refractivity contribution in [2.75, 3.05) is 5.32 Å². The maximum absolute atomic E-state index is 13.0. The fourth-order valence-electron chi connectivity index (χ4n) is 3.93. The summed E-state index contributed by atoms with van der Waals surface area (Å²) in [4.78, 5) is 17.7. The topological polar surface area (TPSA) is 74.0 Å². The number of nitrogens with zero attached hydrogens (tertiary/aromatic N) is 4. The van der Waals surface area contributed by atoms with Crippen LogP contribution in [0.25, 0.3) is 11.0 Å². The minimum atomic E-state index is -0.134. The molecule has 164 valence electrons. The van der Waals surface area contributed by atoms with Gasteiger partial charge in [0.15, 0.2) is 0 Å². The summed E-state index contributed by atoms with van der Waals surface area (Å²) in [6.07, 6.45) is 4.16. The second-order valence-electron chi connectivity index (χ2n) is 8.13. The van der Waals surface area contributed by atoms with Crippen molar-refractivity contribution < 1.29 is 9.53 Å². The van der Waals surface area contributed by atoms with Gasteiger partial charge in [0, 0.05) is 11.1 Å². The highest BCUT2D eigenvalue weighted by Gasteiger charge is 2.30. The van der Waals surface area contributed by atoms with Crippen LogP contribution in [-0.4, -0.2) is 25.2 Å². The van der Waals surface area contributed by atoms with Gasteiger partial charge in [-0.1, -0.05) is 23.7 Å². The van der Waals surface area contributed by atoms with Crippen LogP contribution in [0.5, 0.6) is 5.75 Å². The number of imidazole rings is 1. The van der Waals surface area contributed by atoms with E-state index in [0.717, 1.165) is 16.9 Å². The van der Waals surface area contributed by atoms with E-state index in [1.165, 1.54) is 12.8 Å². The minimum absolute atomic E-state index is 0.128. The maximum Gasteiger partial charge on any atom is 0.245 e. The van der Waals surface area contributed by atoms with E-state index in [4.69, 9.17) is 16.3 Å². The van der Waals surface area contributed by atoms with Gasteiger partial charge in [-0.3, -0.25) is 4.79 Å². The quantitative estimate of drug-likeness (QED) is 0.407. The van der Waals surface area contributed by atoms with Crippen molar-refractivity contribution in [1.29, 1.82) is 0 Å². The lowest BCUT2D eigenvalue weighted by Crippen LogP contribution is -2.23. The zero-order valence-corrected chi connectivity index (χ0v) is 18.5. The van der Waals surface area contributed by atoms with Crippen LogP contribution in [-0.2, 0) is 17.9 Å². The van der Waals surface area contributed by atoms with Gasteiger partial charge in [0.25, 0.3) is 0 Å². The van der Waals surface area contributed by atoms with E-state index in [0.29, 0.717) is 22.5 Å². The van der Waals surface area contributed by atoms with Gasteiger partial charge in [-0.15, -0.1) is 0 Å². The Morgan fingerprint density at radius 1 is 1.19 bits per heavy atom. The smallest absolute Gasteiger partial charge is 0.245 e. The monoisotopic (exact) mass is 449 g/mol. The molecule has 1 fully saturated rings. The molecule has 2 aromatic carbocycles. The summed E-state index contributed by atoms with van der Waals surface area (Å²) in [6, 6.07) is 17.1. The van der Waals surface area contributed by atoms with E-state index < -0.39 is 0 Å². The Kier molecular flexibility index (Phi) is 5.57. The van der Waals surface area contributed by atoms with Gasteiger partial charge in [0.2, 0.25) is 5.91 Å². The number of fused-ring (bicyclic) bond motifs is 1. The zero-order chi connectivity index (χ0) is 22.1. The van der Waals surface area contributed by atoms with Crippen LogP contribution in [0.4, 0.5) is 5.82 Å². The summed E-state index contributed by atoms with van der Waals surface area (Å²) >= 11 is 5.95. The predicted octanol–water partition coefficient (Wildman–Crippen LogP) is 5.07. The molecule has 7 nitrogen and oxygen atoms in total. The summed E-state index contributed by atoms with van der Waals surface area (Å²) in [5.41, 5.74) is 1.71. The Balaban J connectivity index is 1.35. The third-order valence-corrected chi connectivity index (χ3v) is 6.10. The molecule has 1 N–H and O–H groups in total. The van der Waals surface area contributed by atoms with Gasteiger partial charge in [-0.25, -0.2) is 9.67 Å². The molecule has 0 spiro atoms. The number of carbonyl (C=O) groups is 1. The second kappa shape index (κ2) is 8.67. The van der Waals surface area contributed by atoms with Gasteiger partial charge in [-0.05, 0) is 62.1 Å². The van der Waals surface area contributed by atoms with Crippen molar-refractivity contribution in [3.63, 3.8) is 0 Å². The van der Waals surface area contributed by atoms with E-state index in [-0.39, 0.29) is 25.1 Å². The van der Waals surface area contributed by atoms with Gasteiger partial charge < -0.3 is 14.6 Å². The first kappa shape index (κ1) is 20.6. The highest BCUT2D eigenvalue weighted by molar-refractivity contribution is 6.30. The molecule has 0 bridgehead atoms. The van der Waals surface area contributed by atoms with Crippen molar-refractivity contribution in [3.05, 3.63) is 71.6 Å². The lowest BCUT2D eigenvalue weighted by Gasteiger charge is -2.16. The molecule has 32 heavy (non-hydrogen) atoms. The van der Waals surface area contributed by atoms with Crippen molar-refractivity contribution in [1.82, 2.24) is 19.3 Å². The number of ether oxygens (including phenoxy) is 1. The molecule has 2 heterocycles. The molecule has 1 aliphatic rings. The lowest BCUT2D eigenvalue weighted by molar-refractivity contribution is -0.116. The summed E-state index contributed by atoms with van der Waals surface area (Å²) in [5, 5.41) is 8.09. The fourth-order valence-corrected chi connectivity index (χ4v) is 4.06. The summed E-state index contributed by atoms with van der Waals surface area (Å²) in [5.74, 6) is 2.59. The number of amides is 1. The number of nitrogens with one attached hydrogen (secondary N) is 1. The van der Waals surface area contributed by atoms with Crippen LogP contribution < -0.4 is 10.1 Å². The first-order chi connectivity index (χ1) is 15.6. The first-order valence-electron chi connectivity index (χ1n) is 10.7. The van der Waals surface area contributed by atoms with Gasteiger partial charge in [0.1, 0.15) is 30.5 Å². The number of aromatic nitrogens is 4. The molecule has 1 aliphatic carbocycles. The van der Waals surface area contributed by atoms with Gasteiger partial charge in [-0.2, -0.15) is 5.10 Å². The number of halogens is 1. The normalized spacial score (nSPS) is 14.4. The number of anilines is 1. The summed E-state index contributed by atoms with van der Waals surface area (Å²) in [7, 11) is 0. The summed E-state index contributed by atoms with van der Waals surface area (Å²) < 4.78 is 9.70. The van der Waals surface area contributed by atoms with Crippen LogP contribution in [0.15, 0.2) is 60.8 Å². The van der Waals surface area contributed by atoms with Crippen molar-refractivity contribution in [3.8, 4) is 5.75 Å². The number of benzene rings is 2. The number of carbonyl (C=O) groups excluding carboxylic acids is 1. The molecule has 0 saturated heterocycles. The largest absolute Gasteiger partial charge is 0.486 e. The molecule has 1 amide bonds. The molecule has 1 unspecified atom stereocenters. The average Bonchev–Trinajstić information content (AvgIpc) is 3.46.